The van der Waals surface area contributed by atoms with Gasteiger partial charge in [0.05, 0.1) is 19.0 Å². The van der Waals surface area contributed by atoms with Gasteiger partial charge in [0.25, 0.3) is 0 Å². The molecule has 0 aliphatic carbocycles. The zero-order chi connectivity index (χ0) is 21.1. The van der Waals surface area contributed by atoms with Crippen molar-refractivity contribution in [3.63, 3.8) is 0 Å². The van der Waals surface area contributed by atoms with Gasteiger partial charge in [-0.2, -0.15) is 5.06 Å². The fourth-order valence-electron chi connectivity index (χ4n) is 3.16. The summed E-state index contributed by atoms with van der Waals surface area (Å²) in [4.78, 5) is 14.3. The number of thiocarbonyl (C=S) groups is 1. The number of thioether (sulfide) groups is 1. The summed E-state index contributed by atoms with van der Waals surface area (Å²) in [5.74, 6) is 1.33. The molecule has 0 saturated carbocycles. The lowest BCUT2D eigenvalue weighted by Gasteiger charge is -2.37. The average molecular weight is 428 g/mol. The first-order chi connectivity index (χ1) is 13.1. The number of urea groups is 1. The molecule has 2 N–H and O–H groups in total. The molecule has 1 fully saturated rings. The Kier molecular flexibility index (Phi) is 7.41. The van der Waals surface area contributed by atoms with Crippen molar-refractivity contribution in [2.45, 2.75) is 51.1 Å². The molecule has 2 amide bonds. The third-order valence-corrected chi connectivity index (χ3v) is 6.07. The van der Waals surface area contributed by atoms with Gasteiger partial charge in [0.15, 0.2) is 11.5 Å². The van der Waals surface area contributed by atoms with E-state index in [9.17, 15) is 10.0 Å². The number of nitrogens with zero attached hydrogens (tertiary/aromatic N) is 2. The van der Waals surface area contributed by atoms with Crippen LogP contribution in [0, 0.1) is 0 Å². The Balaban J connectivity index is 2.17. The second-order valence-electron chi connectivity index (χ2n) is 7.43. The van der Waals surface area contributed by atoms with Crippen LogP contribution in [0.3, 0.4) is 0 Å². The van der Waals surface area contributed by atoms with Crippen LogP contribution < -0.4 is 14.8 Å². The molecule has 28 heavy (non-hydrogen) atoms. The van der Waals surface area contributed by atoms with Gasteiger partial charge in [0.1, 0.15) is 10.5 Å². The first-order valence-electron chi connectivity index (χ1n) is 9.09. The molecule has 1 saturated heterocycles. The SMILES string of the molecule is COc1ccc(CCN2C(=S)SC(C)(C)[C@H]2N(O)C(=O)NC(C)C)cc1OC. The van der Waals surface area contributed by atoms with Gasteiger partial charge < -0.3 is 19.7 Å². The summed E-state index contributed by atoms with van der Waals surface area (Å²) in [6, 6.07) is 5.14. The molecule has 156 valence electrons. The molecule has 1 aromatic rings. The van der Waals surface area contributed by atoms with E-state index in [1.165, 1.54) is 11.8 Å². The van der Waals surface area contributed by atoms with E-state index in [0.29, 0.717) is 28.8 Å². The fourth-order valence-corrected chi connectivity index (χ4v) is 5.09. The highest BCUT2D eigenvalue weighted by atomic mass is 32.2. The Morgan fingerprint density at radius 3 is 2.57 bits per heavy atom. The smallest absolute Gasteiger partial charge is 0.343 e. The minimum Gasteiger partial charge on any atom is -0.493 e. The van der Waals surface area contributed by atoms with Gasteiger partial charge in [0.2, 0.25) is 0 Å². The van der Waals surface area contributed by atoms with Crippen LogP contribution in [0.25, 0.3) is 0 Å². The maximum atomic E-state index is 12.4. The number of hydrogen-bond acceptors (Lipinski definition) is 6. The average Bonchev–Trinajstić information content (AvgIpc) is 2.86. The molecular formula is C19H29N3O4S2. The minimum atomic E-state index is -0.566. The predicted molar refractivity (Wildman–Crippen MR) is 115 cm³/mol. The first-order valence-corrected chi connectivity index (χ1v) is 10.3. The molecule has 0 spiro atoms. The zero-order valence-corrected chi connectivity index (χ0v) is 18.8. The van der Waals surface area contributed by atoms with Crippen LogP contribution >= 0.6 is 24.0 Å². The molecular weight excluding hydrogens is 398 g/mol. The van der Waals surface area contributed by atoms with Gasteiger partial charge in [-0.05, 0) is 51.8 Å². The molecule has 7 nitrogen and oxygen atoms in total. The molecule has 1 aliphatic rings. The van der Waals surface area contributed by atoms with Gasteiger partial charge in [-0.15, -0.1) is 0 Å². The normalized spacial score (nSPS) is 18.4. The van der Waals surface area contributed by atoms with Crippen molar-refractivity contribution in [1.29, 1.82) is 0 Å². The number of nitrogens with one attached hydrogen (secondary N) is 1. The number of methoxy groups -OCH3 is 2. The summed E-state index contributed by atoms with van der Waals surface area (Å²) in [5, 5.41) is 14.1. The molecule has 0 bridgehead atoms. The zero-order valence-electron chi connectivity index (χ0n) is 17.2. The van der Waals surface area contributed by atoms with E-state index < -0.39 is 16.9 Å². The van der Waals surface area contributed by atoms with E-state index in [1.807, 2.05) is 50.8 Å². The number of hydrogen-bond donors (Lipinski definition) is 2. The van der Waals surface area contributed by atoms with Crippen molar-refractivity contribution in [1.82, 2.24) is 15.3 Å². The van der Waals surface area contributed by atoms with Crippen molar-refractivity contribution in [2.24, 2.45) is 0 Å². The Labute approximate surface area is 176 Å². The molecule has 0 aromatic heterocycles. The third kappa shape index (κ3) is 5.01. The number of carbonyl (C=O) groups is 1. The fraction of sp³-hybridized carbons (Fsp3) is 0.579. The molecule has 0 unspecified atom stereocenters. The molecule has 1 aliphatic heterocycles. The Morgan fingerprint density at radius 1 is 1.36 bits per heavy atom. The first kappa shape index (κ1) is 22.6. The van der Waals surface area contributed by atoms with E-state index in [4.69, 9.17) is 21.7 Å². The van der Waals surface area contributed by atoms with Crippen molar-refractivity contribution < 1.29 is 19.5 Å². The number of rotatable bonds is 7. The summed E-state index contributed by atoms with van der Waals surface area (Å²) in [5.41, 5.74) is 1.05. The van der Waals surface area contributed by atoms with Gasteiger partial charge in [-0.1, -0.05) is 30.0 Å². The van der Waals surface area contributed by atoms with E-state index in [2.05, 4.69) is 5.32 Å². The Morgan fingerprint density at radius 2 is 2.00 bits per heavy atom. The van der Waals surface area contributed by atoms with Gasteiger partial charge in [-0.25, -0.2) is 4.79 Å². The molecule has 1 aromatic carbocycles. The van der Waals surface area contributed by atoms with Crippen LogP contribution in [0.15, 0.2) is 18.2 Å². The van der Waals surface area contributed by atoms with Gasteiger partial charge in [-0.3, -0.25) is 5.21 Å². The second-order valence-corrected chi connectivity index (χ2v) is 9.71. The largest absolute Gasteiger partial charge is 0.493 e. The number of benzene rings is 1. The minimum absolute atomic E-state index is 0.0773. The van der Waals surface area contributed by atoms with E-state index >= 15 is 0 Å². The maximum Gasteiger partial charge on any atom is 0.343 e. The van der Waals surface area contributed by atoms with Gasteiger partial charge >= 0.3 is 6.03 Å². The van der Waals surface area contributed by atoms with Gasteiger partial charge in [0, 0.05) is 12.6 Å². The number of amides is 2. The molecule has 2 rings (SSSR count). The second kappa shape index (κ2) is 9.19. The van der Waals surface area contributed by atoms with Crippen LogP contribution in [0.5, 0.6) is 11.5 Å². The van der Waals surface area contributed by atoms with Crippen molar-refractivity contribution in [2.75, 3.05) is 20.8 Å². The van der Waals surface area contributed by atoms with Crippen LogP contribution in [-0.2, 0) is 6.42 Å². The molecule has 9 heteroatoms. The molecule has 1 heterocycles. The van der Waals surface area contributed by atoms with Crippen LogP contribution in [0.1, 0.15) is 33.3 Å². The highest BCUT2D eigenvalue weighted by Crippen LogP contribution is 2.42. The third-order valence-electron chi connectivity index (χ3n) is 4.44. The number of carbonyl (C=O) groups excluding carboxylic acids is 1. The van der Waals surface area contributed by atoms with E-state index in [-0.39, 0.29) is 6.04 Å². The quantitative estimate of drug-likeness (QED) is 0.392. The topological polar surface area (TPSA) is 74.3 Å². The lowest BCUT2D eigenvalue weighted by atomic mass is 10.1. The van der Waals surface area contributed by atoms with Crippen LogP contribution in [0.4, 0.5) is 4.79 Å². The lowest BCUT2D eigenvalue weighted by Crippen LogP contribution is -2.57. The van der Waals surface area contributed by atoms with E-state index in [1.54, 1.807) is 14.2 Å². The standard InChI is InChI=1S/C19H29N3O4S2/c1-12(2)20-17(23)22(24)16-19(3,4)28-18(27)21(16)10-9-13-7-8-14(25-5)15(11-13)26-6/h7-8,11-12,16,24H,9-10H2,1-6H3,(H,20,23)/t16-/m1/s1. The summed E-state index contributed by atoms with van der Waals surface area (Å²) in [6.45, 7) is 8.19. The van der Waals surface area contributed by atoms with Crippen LogP contribution in [0.2, 0.25) is 0 Å². The Hall–Kier alpha value is -1.71. The summed E-state index contributed by atoms with van der Waals surface area (Å²) < 4.78 is 10.8. The monoisotopic (exact) mass is 427 g/mol. The molecule has 1 atom stereocenters. The number of ether oxygens (including phenoxy) is 2. The van der Waals surface area contributed by atoms with Crippen LogP contribution in [-0.4, -0.2) is 63.2 Å². The number of hydroxylamine groups is 2. The summed E-state index contributed by atoms with van der Waals surface area (Å²) in [7, 11) is 3.20. The van der Waals surface area contributed by atoms with Crippen molar-refractivity contribution in [3.8, 4) is 11.5 Å². The summed E-state index contributed by atoms with van der Waals surface area (Å²) in [6.07, 6.45) is 0.108. The Bertz CT molecular complexity index is 727. The predicted octanol–water partition coefficient (Wildman–Crippen LogP) is 3.49. The van der Waals surface area contributed by atoms with E-state index in [0.717, 1.165) is 10.6 Å². The lowest BCUT2D eigenvalue weighted by molar-refractivity contribution is -0.118. The van der Waals surface area contributed by atoms with Crippen molar-refractivity contribution in [3.05, 3.63) is 23.8 Å². The molecule has 0 radical (unpaired) electrons. The highest BCUT2D eigenvalue weighted by Gasteiger charge is 2.49. The van der Waals surface area contributed by atoms with Crippen molar-refractivity contribution >= 4 is 34.3 Å². The maximum absolute atomic E-state index is 12.4. The highest BCUT2D eigenvalue weighted by molar-refractivity contribution is 8.24. The summed E-state index contributed by atoms with van der Waals surface area (Å²) >= 11 is 7.02.